The number of fused-ring (bicyclic) bond motifs is 1. The van der Waals surface area contributed by atoms with E-state index < -0.39 is 5.97 Å². The zero-order valence-electron chi connectivity index (χ0n) is 13.0. The lowest BCUT2D eigenvalue weighted by Gasteiger charge is -2.30. The Hall–Kier alpha value is -2.08. The van der Waals surface area contributed by atoms with Gasteiger partial charge in [-0.25, -0.2) is 0 Å². The van der Waals surface area contributed by atoms with Crippen LogP contribution in [0.4, 0.5) is 0 Å². The molecule has 0 aliphatic carbocycles. The van der Waals surface area contributed by atoms with Crippen molar-refractivity contribution in [3.05, 3.63) is 29.8 Å². The maximum atomic E-state index is 12.1. The highest BCUT2D eigenvalue weighted by Crippen LogP contribution is 2.27. The molecule has 2 N–H and O–H groups in total. The topological polar surface area (TPSA) is 78.9 Å². The van der Waals surface area contributed by atoms with Crippen molar-refractivity contribution < 1.29 is 19.4 Å². The van der Waals surface area contributed by atoms with Crippen molar-refractivity contribution in [1.29, 1.82) is 0 Å². The summed E-state index contributed by atoms with van der Waals surface area (Å²) in [6.45, 7) is 1.96. The standard InChI is InChI=1S/C17H22N2O4/c20-16(11-19-7-3-5-13(10-19)17(21)22)18-9-14-8-12-4-1-2-6-15(12)23-14/h1-2,4,6,13-14H,3,5,7-11H2,(H,18,20)(H,21,22). The number of benzene rings is 1. The Morgan fingerprint density at radius 1 is 1.35 bits per heavy atom. The van der Waals surface area contributed by atoms with Crippen LogP contribution in [0.15, 0.2) is 24.3 Å². The van der Waals surface area contributed by atoms with Crippen molar-refractivity contribution in [3.8, 4) is 5.75 Å². The molecule has 0 aromatic heterocycles. The van der Waals surface area contributed by atoms with Crippen LogP contribution >= 0.6 is 0 Å². The molecule has 0 bridgehead atoms. The monoisotopic (exact) mass is 318 g/mol. The molecule has 0 spiro atoms. The van der Waals surface area contributed by atoms with Gasteiger partial charge in [0.05, 0.1) is 19.0 Å². The van der Waals surface area contributed by atoms with Gasteiger partial charge >= 0.3 is 5.97 Å². The van der Waals surface area contributed by atoms with Crippen molar-refractivity contribution in [2.24, 2.45) is 5.92 Å². The van der Waals surface area contributed by atoms with E-state index in [1.165, 1.54) is 5.56 Å². The number of likely N-dealkylation sites (tertiary alicyclic amines) is 1. The van der Waals surface area contributed by atoms with Gasteiger partial charge in [-0.05, 0) is 31.0 Å². The number of para-hydroxylation sites is 1. The molecular formula is C17H22N2O4. The summed E-state index contributed by atoms with van der Waals surface area (Å²) < 4.78 is 5.79. The number of carboxylic acids is 1. The molecule has 1 aromatic carbocycles. The first kappa shape index (κ1) is 15.8. The largest absolute Gasteiger partial charge is 0.488 e. The quantitative estimate of drug-likeness (QED) is 0.843. The number of carbonyl (C=O) groups excluding carboxylic acids is 1. The fourth-order valence-corrected chi connectivity index (χ4v) is 3.26. The van der Waals surface area contributed by atoms with Gasteiger partial charge in [-0.15, -0.1) is 0 Å². The predicted octanol–water partition coefficient (Wildman–Crippen LogP) is 0.903. The van der Waals surface area contributed by atoms with E-state index in [1.807, 2.05) is 29.2 Å². The second-order valence-electron chi connectivity index (χ2n) is 6.27. The van der Waals surface area contributed by atoms with Gasteiger partial charge in [0, 0.05) is 13.0 Å². The number of carbonyl (C=O) groups is 2. The highest BCUT2D eigenvalue weighted by molar-refractivity contribution is 5.78. The average Bonchev–Trinajstić information content (AvgIpc) is 2.96. The average molecular weight is 318 g/mol. The minimum atomic E-state index is -0.771. The van der Waals surface area contributed by atoms with Gasteiger partial charge in [-0.1, -0.05) is 18.2 Å². The lowest BCUT2D eigenvalue weighted by Crippen LogP contribution is -2.45. The van der Waals surface area contributed by atoms with Crippen LogP contribution in [0.5, 0.6) is 5.75 Å². The molecule has 6 nitrogen and oxygen atoms in total. The smallest absolute Gasteiger partial charge is 0.307 e. The molecule has 3 rings (SSSR count). The van der Waals surface area contributed by atoms with Gasteiger partial charge in [-0.3, -0.25) is 14.5 Å². The van der Waals surface area contributed by atoms with Crippen LogP contribution in [0.1, 0.15) is 18.4 Å². The van der Waals surface area contributed by atoms with Crippen LogP contribution < -0.4 is 10.1 Å². The molecule has 2 unspecified atom stereocenters. The summed E-state index contributed by atoms with van der Waals surface area (Å²) in [6.07, 6.45) is 2.30. The summed E-state index contributed by atoms with van der Waals surface area (Å²) in [5.41, 5.74) is 1.17. The SMILES string of the molecule is O=C(CN1CCCC(C(=O)O)C1)NCC1Cc2ccccc2O1. The number of hydrogen-bond acceptors (Lipinski definition) is 4. The maximum Gasteiger partial charge on any atom is 0.307 e. The van der Waals surface area contributed by atoms with Crippen LogP contribution in [0, 0.1) is 5.92 Å². The number of rotatable bonds is 5. The number of amides is 1. The highest BCUT2D eigenvalue weighted by Gasteiger charge is 2.27. The molecule has 1 fully saturated rings. The number of piperidine rings is 1. The zero-order valence-corrected chi connectivity index (χ0v) is 13.0. The van der Waals surface area contributed by atoms with Crippen LogP contribution in [-0.2, 0) is 16.0 Å². The lowest BCUT2D eigenvalue weighted by molar-refractivity contribution is -0.144. The van der Waals surface area contributed by atoms with E-state index in [0.717, 1.165) is 25.1 Å². The third kappa shape index (κ3) is 4.01. The van der Waals surface area contributed by atoms with Crippen LogP contribution in [0.3, 0.4) is 0 Å². The van der Waals surface area contributed by atoms with Crippen LogP contribution in [0.25, 0.3) is 0 Å². The van der Waals surface area contributed by atoms with E-state index in [1.54, 1.807) is 0 Å². The molecule has 2 heterocycles. The first-order chi connectivity index (χ1) is 11.1. The Morgan fingerprint density at radius 2 is 2.17 bits per heavy atom. The number of ether oxygens (including phenoxy) is 1. The first-order valence-electron chi connectivity index (χ1n) is 8.08. The number of hydrogen-bond donors (Lipinski definition) is 2. The van der Waals surface area contributed by atoms with Crippen LogP contribution in [-0.4, -0.2) is 54.2 Å². The lowest BCUT2D eigenvalue weighted by atomic mass is 9.98. The molecule has 2 aliphatic heterocycles. The normalized spacial score (nSPS) is 23.8. The fraction of sp³-hybridized carbons (Fsp3) is 0.529. The Kier molecular flexibility index (Phi) is 4.81. The number of nitrogens with one attached hydrogen (secondary N) is 1. The molecule has 124 valence electrons. The van der Waals surface area contributed by atoms with Gasteiger partial charge in [0.1, 0.15) is 11.9 Å². The number of aliphatic carboxylic acids is 1. The van der Waals surface area contributed by atoms with Crippen molar-refractivity contribution in [2.75, 3.05) is 26.2 Å². The van der Waals surface area contributed by atoms with Gasteiger partial charge in [0.25, 0.3) is 0 Å². The first-order valence-corrected chi connectivity index (χ1v) is 8.08. The minimum Gasteiger partial charge on any atom is -0.488 e. The Bertz CT molecular complexity index is 565. The Labute approximate surface area is 135 Å². The third-order valence-electron chi connectivity index (χ3n) is 4.46. The Morgan fingerprint density at radius 3 is 2.96 bits per heavy atom. The Balaban J connectivity index is 1.41. The molecule has 6 heteroatoms. The van der Waals surface area contributed by atoms with Crippen molar-refractivity contribution in [3.63, 3.8) is 0 Å². The predicted molar refractivity (Wildman–Crippen MR) is 84.4 cm³/mol. The molecule has 0 saturated carbocycles. The second-order valence-corrected chi connectivity index (χ2v) is 6.27. The summed E-state index contributed by atoms with van der Waals surface area (Å²) in [7, 11) is 0. The zero-order chi connectivity index (χ0) is 16.2. The summed E-state index contributed by atoms with van der Waals surface area (Å²) in [6, 6.07) is 7.90. The number of carboxylic acid groups (broad SMARTS) is 1. The molecule has 1 amide bonds. The molecule has 2 atom stereocenters. The van der Waals surface area contributed by atoms with Gasteiger partial charge in [-0.2, -0.15) is 0 Å². The van der Waals surface area contributed by atoms with Gasteiger partial charge in [0.15, 0.2) is 0 Å². The van der Waals surface area contributed by atoms with E-state index in [0.29, 0.717) is 19.5 Å². The molecule has 2 aliphatic rings. The van der Waals surface area contributed by atoms with Crippen molar-refractivity contribution in [1.82, 2.24) is 10.2 Å². The molecule has 0 radical (unpaired) electrons. The summed E-state index contributed by atoms with van der Waals surface area (Å²) in [5.74, 6) is -0.306. The second kappa shape index (κ2) is 7.00. The number of nitrogens with zero attached hydrogens (tertiary/aromatic N) is 1. The fourth-order valence-electron chi connectivity index (χ4n) is 3.26. The van der Waals surface area contributed by atoms with E-state index >= 15 is 0 Å². The van der Waals surface area contributed by atoms with Crippen LogP contribution in [0.2, 0.25) is 0 Å². The van der Waals surface area contributed by atoms with E-state index in [2.05, 4.69) is 5.32 Å². The van der Waals surface area contributed by atoms with E-state index in [-0.39, 0.29) is 24.5 Å². The van der Waals surface area contributed by atoms with Crippen molar-refractivity contribution in [2.45, 2.75) is 25.4 Å². The maximum absolute atomic E-state index is 12.1. The molecule has 23 heavy (non-hydrogen) atoms. The van der Waals surface area contributed by atoms with E-state index in [4.69, 9.17) is 9.84 Å². The summed E-state index contributed by atoms with van der Waals surface area (Å²) in [5, 5.41) is 12.0. The summed E-state index contributed by atoms with van der Waals surface area (Å²) >= 11 is 0. The van der Waals surface area contributed by atoms with Gasteiger partial charge < -0.3 is 15.2 Å². The summed E-state index contributed by atoms with van der Waals surface area (Å²) in [4.78, 5) is 25.0. The highest BCUT2D eigenvalue weighted by atomic mass is 16.5. The molecule has 1 saturated heterocycles. The minimum absolute atomic E-state index is 0.0236. The van der Waals surface area contributed by atoms with E-state index in [9.17, 15) is 9.59 Å². The molecular weight excluding hydrogens is 296 g/mol. The van der Waals surface area contributed by atoms with Gasteiger partial charge in [0.2, 0.25) is 5.91 Å². The third-order valence-corrected chi connectivity index (χ3v) is 4.46. The van der Waals surface area contributed by atoms with Crippen molar-refractivity contribution >= 4 is 11.9 Å². The molecule has 1 aromatic rings.